The molecule has 2 aromatic heterocycles. The van der Waals surface area contributed by atoms with Gasteiger partial charge in [-0.25, -0.2) is 4.98 Å². The molecule has 3 rings (SSSR count). The number of pyridine rings is 1. The number of thiazole rings is 1. The number of rotatable bonds is 5. The normalized spacial score (nSPS) is 17.7. The Kier molecular flexibility index (Phi) is 5.34. The molecular weight excluding hydrogens is 336 g/mol. The molecule has 1 saturated heterocycles. The second-order valence-corrected chi connectivity index (χ2v) is 7.32. The van der Waals surface area contributed by atoms with Gasteiger partial charge in [0.15, 0.2) is 5.60 Å². The minimum Gasteiger partial charge on any atom is -0.475 e. The fraction of sp³-hybridized carbons (Fsp3) is 0.500. The third-order valence-corrected chi connectivity index (χ3v) is 5.72. The highest BCUT2D eigenvalue weighted by molar-refractivity contribution is 7.09. The lowest BCUT2D eigenvalue weighted by molar-refractivity contribution is -0.151. The van der Waals surface area contributed by atoms with Crippen molar-refractivity contribution in [3.63, 3.8) is 0 Å². The highest BCUT2D eigenvalue weighted by atomic mass is 32.1. The number of nitrogens with one attached hydrogen (secondary N) is 1. The largest absolute Gasteiger partial charge is 0.475 e. The zero-order chi connectivity index (χ0) is 17.9. The summed E-state index contributed by atoms with van der Waals surface area (Å²) in [6, 6.07) is 3.63. The number of likely N-dealkylation sites (N-methyl/N-ethyl adjacent to an activating group) is 1. The molecular formula is C18H24N4O2S. The Labute approximate surface area is 152 Å². The molecule has 1 amide bonds. The van der Waals surface area contributed by atoms with E-state index >= 15 is 0 Å². The second-order valence-electron chi connectivity index (χ2n) is 6.40. The van der Waals surface area contributed by atoms with Gasteiger partial charge in [0.05, 0.1) is 11.7 Å². The van der Waals surface area contributed by atoms with Gasteiger partial charge in [0.1, 0.15) is 10.8 Å². The molecule has 0 radical (unpaired) electrons. The molecule has 6 nitrogen and oxygen atoms in total. The van der Waals surface area contributed by atoms with Crippen LogP contribution < -0.4 is 10.1 Å². The van der Waals surface area contributed by atoms with Gasteiger partial charge in [-0.1, -0.05) is 0 Å². The Hall–Kier alpha value is -1.99. The lowest BCUT2D eigenvalue weighted by Gasteiger charge is -2.40. The van der Waals surface area contributed by atoms with Crippen LogP contribution in [0.1, 0.15) is 36.5 Å². The summed E-state index contributed by atoms with van der Waals surface area (Å²) in [4.78, 5) is 23.8. The first-order chi connectivity index (χ1) is 12.0. The monoisotopic (exact) mass is 360 g/mol. The predicted octanol–water partition coefficient (Wildman–Crippen LogP) is 2.57. The number of carbonyl (C=O) groups is 1. The topological polar surface area (TPSA) is 67.3 Å². The zero-order valence-electron chi connectivity index (χ0n) is 14.9. The smallest absolute Gasteiger partial charge is 0.267 e. The van der Waals surface area contributed by atoms with Crippen LogP contribution in [0, 0.1) is 6.92 Å². The number of ether oxygens (including phenoxy) is 1. The van der Waals surface area contributed by atoms with E-state index in [1.165, 1.54) is 0 Å². The van der Waals surface area contributed by atoms with Crippen molar-refractivity contribution in [1.82, 2.24) is 20.2 Å². The molecule has 0 saturated carbocycles. The quantitative estimate of drug-likeness (QED) is 0.888. The summed E-state index contributed by atoms with van der Waals surface area (Å²) in [6.07, 6.45) is 4.77. The standard InChI is InChI=1S/C18H24N4O2S/c1-13-15(5-4-8-20-13)24-18(6-9-19-10-7-18)17(23)22(3)14(2)16-21-11-12-25-16/h4-5,8,11-12,14,19H,6-7,9-10H2,1-3H3. The molecule has 1 atom stereocenters. The number of hydrogen-bond acceptors (Lipinski definition) is 6. The van der Waals surface area contributed by atoms with Gasteiger partial charge in [-0.2, -0.15) is 0 Å². The molecule has 25 heavy (non-hydrogen) atoms. The maximum absolute atomic E-state index is 13.4. The molecule has 0 aliphatic carbocycles. The Balaban J connectivity index is 1.86. The van der Waals surface area contributed by atoms with E-state index in [9.17, 15) is 4.79 Å². The van der Waals surface area contributed by atoms with E-state index in [4.69, 9.17) is 4.74 Å². The summed E-state index contributed by atoms with van der Waals surface area (Å²) in [6.45, 7) is 5.41. The molecule has 0 aromatic carbocycles. The van der Waals surface area contributed by atoms with Crippen LogP contribution in [0.5, 0.6) is 5.75 Å². The SMILES string of the molecule is Cc1ncccc1OC1(C(=O)N(C)C(C)c2nccs2)CCNCC1. The molecule has 1 aliphatic heterocycles. The second kappa shape index (κ2) is 7.49. The van der Waals surface area contributed by atoms with E-state index in [-0.39, 0.29) is 11.9 Å². The first-order valence-corrected chi connectivity index (χ1v) is 9.39. The van der Waals surface area contributed by atoms with Crippen molar-refractivity contribution in [2.45, 2.75) is 38.3 Å². The minimum absolute atomic E-state index is 0.0000435. The van der Waals surface area contributed by atoms with E-state index in [0.717, 1.165) is 23.8 Å². The molecule has 0 spiro atoms. The van der Waals surface area contributed by atoms with Crippen molar-refractivity contribution < 1.29 is 9.53 Å². The third-order valence-electron chi connectivity index (χ3n) is 4.77. The molecule has 1 aliphatic rings. The van der Waals surface area contributed by atoms with Gasteiger partial charge in [0.25, 0.3) is 5.91 Å². The minimum atomic E-state index is -0.862. The van der Waals surface area contributed by atoms with Gasteiger partial charge in [-0.15, -0.1) is 11.3 Å². The molecule has 7 heteroatoms. The fourth-order valence-corrected chi connectivity index (χ4v) is 3.82. The highest BCUT2D eigenvalue weighted by Crippen LogP contribution is 2.32. The number of piperidine rings is 1. The molecule has 134 valence electrons. The molecule has 1 N–H and O–H groups in total. The maximum Gasteiger partial charge on any atom is 0.267 e. The average molecular weight is 360 g/mol. The lowest BCUT2D eigenvalue weighted by atomic mass is 9.90. The summed E-state index contributed by atoms with van der Waals surface area (Å²) in [5.41, 5.74) is -0.0666. The van der Waals surface area contributed by atoms with E-state index in [0.29, 0.717) is 18.6 Å². The Morgan fingerprint density at radius 1 is 1.36 bits per heavy atom. The van der Waals surface area contributed by atoms with Crippen molar-refractivity contribution in [2.75, 3.05) is 20.1 Å². The number of amides is 1. The van der Waals surface area contributed by atoms with Gasteiger partial charge in [-0.05, 0) is 39.1 Å². The predicted molar refractivity (Wildman–Crippen MR) is 97.7 cm³/mol. The maximum atomic E-state index is 13.4. The fourth-order valence-electron chi connectivity index (χ4n) is 3.08. The van der Waals surface area contributed by atoms with E-state index in [1.54, 1.807) is 28.6 Å². The van der Waals surface area contributed by atoms with Crippen LogP contribution in [-0.2, 0) is 4.79 Å². The van der Waals surface area contributed by atoms with E-state index in [2.05, 4.69) is 15.3 Å². The number of aromatic nitrogens is 2. The van der Waals surface area contributed by atoms with E-state index in [1.807, 2.05) is 38.4 Å². The van der Waals surface area contributed by atoms with Crippen LogP contribution in [0.15, 0.2) is 29.9 Å². The third kappa shape index (κ3) is 3.67. The van der Waals surface area contributed by atoms with Crippen LogP contribution in [0.2, 0.25) is 0 Å². The van der Waals surface area contributed by atoms with Crippen LogP contribution in [-0.4, -0.2) is 46.5 Å². The van der Waals surface area contributed by atoms with Gasteiger partial charge in [0, 0.05) is 37.7 Å². The van der Waals surface area contributed by atoms with Crippen LogP contribution in [0.25, 0.3) is 0 Å². The molecule has 2 aromatic rings. The summed E-state index contributed by atoms with van der Waals surface area (Å²) < 4.78 is 6.31. The van der Waals surface area contributed by atoms with Crippen molar-refractivity contribution in [1.29, 1.82) is 0 Å². The van der Waals surface area contributed by atoms with Crippen molar-refractivity contribution >= 4 is 17.2 Å². The molecule has 3 heterocycles. The van der Waals surface area contributed by atoms with Gasteiger partial charge in [0.2, 0.25) is 0 Å². The summed E-state index contributed by atoms with van der Waals surface area (Å²) >= 11 is 1.56. The molecule has 0 bridgehead atoms. The van der Waals surface area contributed by atoms with Gasteiger partial charge in [-0.3, -0.25) is 9.78 Å². The number of hydrogen-bond donors (Lipinski definition) is 1. The number of aryl methyl sites for hydroxylation is 1. The summed E-state index contributed by atoms with van der Waals surface area (Å²) in [5, 5.41) is 6.17. The lowest BCUT2D eigenvalue weighted by Crippen LogP contribution is -2.57. The molecule has 1 unspecified atom stereocenters. The van der Waals surface area contributed by atoms with Crippen LogP contribution >= 0.6 is 11.3 Å². The molecule has 1 fully saturated rings. The van der Waals surface area contributed by atoms with Crippen molar-refractivity contribution in [3.05, 3.63) is 40.6 Å². The Bertz CT molecular complexity index is 714. The Morgan fingerprint density at radius 3 is 2.76 bits per heavy atom. The highest BCUT2D eigenvalue weighted by Gasteiger charge is 2.45. The number of carbonyl (C=O) groups excluding carboxylic acids is 1. The number of nitrogens with zero attached hydrogens (tertiary/aromatic N) is 3. The summed E-state index contributed by atoms with van der Waals surface area (Å²) in [7, 11) is 1.83. The van der Waals surface area contributed by atoms with Crippen LogP contribution in [0.4, 0.5) is 0 Å². The van der Waals surface area contributed by atoms with Crippen molar-refractivity contribution in [2.24, 2.45) is 0 Å². The first-order valence-electron chi connectivity index (χ1n) is 8.51. The average Bonchev–Trinajstić information content (AvgIpc) is 3.17. The van der Waals surface area contributed by atoms with Crippen LogP contribution in [0.3, 0.4) is 0 Å². The zero-order valence-corrected chi connectivity index (χ0v) is 15.7. The first kappa shape index (κ1) is 17.8. The Morgan fingerprint density at radius 2 is 2.12 bits per heavy atom. The van der Waals surface area contributed by atoms with Gasteiger partial charge < -0.3 is 15.0 Å². The van der Waals surface area contributed by atoms with Crippen molar-refractivity contribution in [3.8, 4) is 5.75 Å². The van der Waals surface area contributed by atoms with Gasteiger partial charge >= 0.3 is 0 Å². The summed E-state index contributed by atoms with van der Waals surface area (Å²) in [5.74, 6) is 0.674. The van der Waals surface area contributed by atoms with E-state index < -0.39 is 5.60 Å².